The molecule has 0 radical (unpaired) electrons. The predicted molar refractivity (Wildman–Crippen MR) is 131 cm³/mol. The van der Waals surface area contributed by atoms with Gasteiger partial charge in [-0.3, -0.25) is 0 Å². The fourth-order valence-electron chi connectivity index (χ4n) is 6.58. The van der Waals surface area contributed by atoms with E-state index in [0.717, 1.165) is 0 Å². The molecule has 0 fully saturated rings. The van der Waals surface area contributed by atoms with Crippen LogP contribution in [0.3, 0.4) is 0 Å². The summed E-state index contributed by atoms with van der Waals surface area (Å²) < 4.78 is 0. The van der Waals surface area contributed by atoms with Crippen molar-refractivity contribution in [2.45, 2.75) is 38.5 Å². The van der Waals surface area contributed by atoms with Gasteiger partial charge in [0, 0.05) is 21.6 Å². The second-order valence-corrected chi connectivity index (χ2v) is 10.3. The van der Waals surface area contributed by atoms with Gasteiger partial charge in [0.15, 0.2) is 0 Å². The highest BCUT2D eigenvalue weighted by Gasteiger charge is 2.40. The molecule has 0 saturated carbocycles. The van der Waals surface area contributed by atoms with Gasteiger partial charge in [0.05, 0.1) is 11.0 Å². The second kappa shape index (κ2) is 5.29. The van der Waals surface area contributed by atoms with Crippen molar-refractivity contribution in [2.24, 2.45) is 0 Å². The van der Waals surface area contributed by atoms with Crippen LogP contribution in [0.15, 0.2) is 72.8 Å². The summed E-state index contributed by atoms with van der Waals surface area (Å²) in [5.74, 6) is 0. The molecule has 0 amide bonds. The molecule has 0 aliphatic heterocycles. The highest BCUT2D eigenvalue weighted by atomic mass is 14.7. The zero-order valence-corrected chi connectivity index (χ0v) is 18.4. The Balaban J connectivity index is 1.62. The normalized spacial score (nSPS) is 16.9. The summed E-state index contributed by atoms with van der Waals surface area (Å²) >= 11 is 0. The van der Waals surface area contributed by atoms with E-state index in [1.807, 2.05) is 0 Å². The van der Waals surface area contributed by atoms with E-state index in [0.29, 0.717) is 0 Å². The number of nitrogens with one attached hydrogen (secondary N) is 1. The molecule has 2 aliphatic rings. The maximum Gasteiger partial charge on any atom is 0.0512 e. The lowest BCUT2D eigenvalue weighted by atomic mass is 9.81. The highest BCUT2D eigenvalue weighted by Crippen LogP contribution is 2.54. The van der Waals surface area contributed by atoms with Gasteiger partial charge in [-0.2, -0.15) is 0 Å². The second-order valence-electron chi connectivity index (χ2n) is 10.3. The standard InChI is InChI=1S/C30H25N/c1-29(2)23-11-7-5-9-17(23)19-13-15-21-22-16-14-20-18-10-6-8-12-24(18)30(3,4)26(20)28(22)31-27(21)25(19)29/h5-16,31H,1-4H3. The molecule has 7 rings (SSSR count). The van der Waals surface area contributed by atoms with Crippen LogP contribution in [0.5, 0.6) is 0 Å². The van der Waals surface area contributed by atoms with Gasteiger partial charge >= 0.3 is 0 Å². The van der Waals surface area contributed by atoms with Gasteiger partial charge in [-0.25, -0.2) is 0 Å². The molecular weight excluding hydrogens is 374 g/mol. The van der Waals surface area contributed by atoms with Gasteiger partial charge in [0.2, 0.25) is 0 Å². The Hall–Kier alpha value is -3.32. The number of benzene rings is 4. The van der Waals surface area contributed by atoms with Crippen LogP contribution in [0.2, 0.25) is 0 Å². The summed E-state index contributed by atoms with van der Waals surface area (Å²) in [6.45, 7) is 9.47. The average Bonchev–Trinajstić information content (AvgIpc) is 3.34. The number of rotatable bonds is 0. The third-order valence-corrected chi connectivity index (χ3v) is 7.98. The van der Waals surface area contributed by atoms with Gasteiger partial charge in [0.1, 0.15) is 0 Å². The number of aromatic nitrogens is 1. The molecular formula is C30H25N. The van der Waals surface area contributed by atoms with Crippen molar-refractivity contribution in [1.29, 1.82) is 0 Å². The molecule has 0 unspecified atom stereocenters. The number of H-pyrrole nitrogens is 1. The van der Waals surface area contributed by atoms with E-state index < -0.39 is 0 Å². The summed E-state index contributed by atoms with van der Waals surface area (Å²) in [6, 6.07) is 27.1. The summed E-state index contributed by atoms with van der Waals surface area (Å²) in [6.07, 6.45) is 0. The fraction of sp³-hybridized carbons (Fsp3) is 0.200. The molecule has 1 nitrogen and oxygen atoms in total. The van der Waals surface area contributed by atoms with Gasteiger partial charge in [0.25, 0.3) is 0 Å². The average molecular weight is 400 g/mol. The lowest BCUT2D eigenvalue weighted by Gasteiger charge is -2.22. The monoisotopic (exact) mass is 399 g/mol. The number of hydrogen-bond donors (Lipinski definition) is 1. The molecule has 0 atom stereocenters. The number of aromatic amines is 1. The zero-order chi connectivity index (χ0) is 21.1. The molecule has 1 N–H and O–H groups in total. The first-order chi connectivity index (χ1) is 14.9. The third-order valence-electron chi connectivity index (χ3n) is 7.98. The van der Waals surface area contributed by atoms with E-state index in [9.17, 15) is 0 Å². The SMILES string of the molecule is CC1(C)c2ccccc2-c2ccc3c([nH]c4c5c(ccc43)-c3ccccc3C5(C)C)c21. The topological polar surface area (TPSA) is 15.8 Å². The molecule has 31 heavy (non-hydrogen) atoms. The Morgan fingerprint density at radius 2 is 0.903 bits per heavy atom. The van der Waals surface area contributed by atoms with Gasteiger partial charge in [-0.05, 0) is 44.5 Å². The predicted octanol–water partition coefficient (Wildman–Crippen LogP) is 7.93. The molecule has 1 aromatic heterocycles. The Labute approximate surface area is 182 Å². The minimum absolute atomic E-state index is 0.0199. The van der Waals surface area contributed by atoms with E-state index in [1.54, 1.807) is 0 Å². The number of hydrogen-bond acceptors (Lipinski definition) is 0. The first-order valence-corrected chi connectivity index (χ1v) is 11.2. The third kappa shape index (κ3) is 1.89. The van der Waals surface area contributed by atoms with E-state index >= 15 is 0 Å². The maximum atomic E-state index is 3.96. The van der Waals surface area contributed by atoms with Gasteiger partial charge < -0.3 is 4.98 Å². The van der Waals surface area contributed by atoms with E-state index in [4.69, 9.17) is 0 Å². The highest BCUT2D eigenvalue weighted by molar-refractivity contribution is 6.14. The van der Waals surface area contributed by atoms with Crippen molar-refractivity contribution in [3.05, 3.63) is 95.1 Å². The fourth-order valence-corrected chi connectivity index (χ4v) is 6.58. The van der Waals surface area contributed by atoms with Crippen LogP contribution < -0.4 is 0 Å². The van der Waals surface area contributed by atoms with Crippen LogP contribution in [0.1, 0.15) is 49.9 Å². The lowest BCUT2D eigenvalue weighted by molar-refractivity contribution is 0.663. The van der Waals surface area contributed by atoms with E-state index in [-0.39, 0.29) is 10.8 Å². The molecule has 1 heteroatoms. The summed E-state index contributed by atoms with van der Waals surface area (Å²) in [7, 11) is 0. The summed E-state index contributed by atoms with van der Waals surface area (Å²) in [5.41, 5.74) is 13.8. The molecule has 0 saturated heterocycles. The first-order valence-electron chi connectivity index (χ1n) is 11.2. The Bertz CT molecular complexity index is 1460. The summed E-state index contributed by atoms with van der Waals surface area (Å²) in [5, 5.41) is 2.67. The van der Waals surface area contributed by atoms with Crippen molar-refractivity contribution in [3.8, 4) is 22.3 Å². The van der Waals surface area contributed by atoms with Crippen LogP contribution in [0.25, 0.3) is 44.1 Å². The van der Waals surface area contributed by atoms with E-state index in [2.05, 4.69) is 105 Å². The lowest BCUT2D eigenvalue weighted by Crippen LogP contribution is -2.16. The smallest absolute Gasteiger partial charge is 0.0512 e. The molecule has 0 spiro atoms. The molecule has 1 heterocycles. The van der Waals surface area contributed by atoms with Crippen molar-refractivity contribution < 1.29 is 0 Å². The van der Waals surface area contributed by atoms with Crippen LogP contribution in [0, 0.1) is 0 Å². The van der Waals surface area contributed by atoms with Crippen LogP contribution in [0.4, 0.5) is 0 Å². The minimum atomic E-state index is -0.0199. The molecule has 2 aliphatic carbocycles. The maximum absolute atomic E-state index is 3.96. The Morgan fingerprint density at radius 1 is 0.484 bits per heavy atom. The van der Waals surface area contributed by atoms with Crippen molar-refractivity contribution >= 4 is 21.8 Å². The van der Waals surface area contributed by atoms with Crippen molar-refractivity contribution in [3.63, 3.8) is 0 Å². The molecule has 4 aromatic carbocycles. The molecule has 0 bridgehead atoms. The van der Waals surface area contributed by atoms with E-state index in [1.165, 1.54) is 66.3 Å². The van der Waals surface area contributed by atoms with Crippen LogP contribution in [-0.2, 0) is 10.8 Å². The zero-order valence-electron chi connectivity index (χ0n) is 18.4. The largest absolute Gasteiger partial charge is 0.354 e. The summed E-state index contributed by atoms with van der Waals surface area (Å²) in [4.78, 5) is 3.96. The molecule has 5 aromatic rings. The van der Waals surface area contributed by atoms with Crippen molar-refractivity contribution in [2.75, 3.05) is 0 Å². The quantitative estimate of drug-likeness (QED) is 0.272. The van der Waals surface area contributed by atoms with Crippen molar-refractivity contribution in [1.82, 2.24) is 4.98 Å². The minimum Gasteiger partial charge on any atom is -0.354 e. The number of fused-ring (bicyclic) bond motifs is 11. The van der Waals surface area contributed by atoms with Crippen LogP contribution in [-0.4, -0.2) is 4.98 Å². The van der Waals surface area contributed by atoms with Gasteiger partial charge in [-0.1, -0.05) is 100 Å². The Morgan fingerprint density at radius 3 is 1.35 bits per heavy atom. The molecule has 150 valence electrons. The Kier molecular flexibility index (Phi) is 2.96. The first kappa shape index (κ1) is 17.4. The van der Waals surface area contributed by atoms with Crippen LogP contribution >= 0.6 is 0 Å². The van der Waals surface area contributed by atoms with Gasteiger partial charge in [-0.15, -0.1) is 0 Å².